The number of alkyl carbamates (subject to hydrolysis) is 1. The number of hydrogen-bond donors (Lipinski definition) is 1. The van der Waals surface area contributed by atoms with Gasteiger partial charge in [0.1, 0.15) is 18.5 Å². The number of carbonyl (C=O) groups is 1. The molecular weight excluding hydrogens is 232 g/mol. The smallest absolute Gasteiger partial charge is 0.406 e. The molecule has 6 nitrogen and oxygen atoms in total. The van der Waals surface area contributed by atoms with Gasteiger partial charge in [0.15, 0.2) is 0 Å². The van der Waals surface area contributed by atoms with Crippen LogP contribution in [0.4, 0.5) is 10.6 Å². The van der Waals surface area contributed by atoms with Crippen LogP contribution in [0.25, 0.3) is 0 Å². The van der Waals surface area contributed by atoms with Crippen LogP contribution < -0.4 is 10.2 Å². The van der Waals surface area contributed by atoms with Gasteiger partial charge < -0.3 is 15.0 Å². The van der Waals surface area contributed by atoms with Crippen molar-refractivity contribution in [2.45, 2.75) is 6.92 Å². The Morgan fingerprint density at radius 1 is 1.61 bits per heavy atom. The maximum absolute atomic E-state index is 10.9. The molecule has 6 heteroatoms. The minimum atomic E-state index is -0.446. The summed E-state index contributed by atoms with van der Waals surface area (Å²) in [6.07, 6.45) is 1.08. The highest BCUT2D eigenvalue weighted by atomic mass is 16.5. The quantitative estimate of drug-likeness (QED) is 0.845. The molecule has 0 bridgehead atoms. The molecule has 1 heterocycles. The predicted molar refractivity (Wildman–Crippen MR) is 67.2 cm³/mol. The van der Waals surface area contributed by atoms with E-state index in [9.17, 15) is 4.79 Å². The highest BCUT2D eigenvalue weighted by Crippen LogP contribution is 2.10. The molecule has 0 fully saturated rings. The van der Waals surface area contributed by atoms with Gasteiger partial charge in [-0.15, -0.1) is 0 Å². The van der Waals surface area contributed by atoms with E-state index >= 15 is 0 Å². The SMILES string of the molecule is CCN(CCOC(=O)NC)c1ccc(C#N)cn1. The van der Waals surface area contributed by atoms with Gasteiger partial charge in [-0.3, -0.25) is 0 Å². The van der Waals surface area contributed by atoms with Crippen LogP contribution in [-0.2, 0) is 4.74 Å². The Kier molecular flexibility index (Phi) is 5.45. The minimum Gasteiger partial charge on any atom is -0.448 e. The molecule has 18 heavy (non-hydrogen) atoms. The molecule has 0 saturated heterocycles. The predicted octanol–water partition coefficient (Wildman–Crippen LogP) is 1.14. The van der Waals surface area contributed by atoms with E-state index in [2.05, 4.69) is 10.3 Å². The minimum absolute atomic E-state index is 0.287. The molecule has 0 aliphatic carbocycles. The third kappa shape index (κ3) is 3.94. The lowest BCUT2D eigenvalue weighted by atomic mass is 10.3. The standard InChI is InChI=1S/C12H16N4O2/c1-3-16(6-7-18-12(17)14-2)11-5-4-10(8-13)9-15-11/h4-5,9H,3,6-7H2,1-2H3,(H,14,17). The maximum Gasteiger partial charge on any atom is 0.406 e. The summed E-state index contributed by atoms with van der Waals surface area (Å²) in [5.74, 6) is 0.761. The maximum atomic E-state index is 10.9. The number of carbonyl (C=O) groups excluding carboxylic acids is 1. The van der Waals surface area contributed by atoms with Gasteiger partial charge in [0.2, 0.25) is 0 Å². The van der Waals surface area contributed by atoms with Crippen LogP contribution in [0.3, 0.4) is 0 Å². The van der Waals surface area contributed by atoms with Gasteiger partial charge in [0.05, 0.1) is 12.1 Å². The van der Waals surface area contributed by atoms with Crippen molar-refractivity contribution < 1.29 is 9.53 Å². The van der Waals surface area contributed by atoms with E-state index in [4.69, 9.17) is 10.00 Å². The van der Waals surface area contributed by atoms with E-state index in [-0.39, 0.29) is 6.61 Å². The van der Waals surface area contributed by atoms with Crippen molar-refractivity contribution in [3.8, 4) is 6.07 Å². The summed E-state index contributed by atoms with van der Waals surface area (Å²) in [6, 6.07) is 5.51. The van der Waals surface area contributed by atoms with Crippen LogP contribution in [0, 0.1) is 11.3 Å². The molecule has 1 aromatic heterocycles. The normalized spacial score (nSPS) is 9.39. The van der Waals surface area contributed by atoms with E-state index in [0.29, 0.717) is 12.1 Å². The van der Waals surface area contributed by atoms with Gasteiger partial charge >= 0.3 is 6.09 Å². The second-order valence-corrected chi connectivity index (χ2v) is 3.48. The third-order valence-corrected chi connectivity index (χ3v) is 2.38. The topological polar surface area (TPSA) is 78.2 Å². The molecule has 0 aromatic carbocycles. The number of rotatable bonds is 5. The van der Waals surface area contributed by atoms with Crippen molar-refractivity contribution in [1.29, 1.82) is 5.26 Å². The Labute approximate surface area is 106 Å². The highest BCUT2D eigenvalue weighted by molar-refractivity contribution is 5.66. The molecule has 0 spiro atoms. The summed E-state index contributed by atoms with van der Waals surface area (Å²) < 4.78 is 4.92. The molecule has 0 unspecified atom stereocenters. The number of pyridine rings is 1. The van der Waals surface area contributed by atoms with Crippen LogP contribution >= 0.6 is 0 Å². The summed E-state index contributed by atoms with van der Waals surface area (Å²) in [7, 11) is 1.52. The van der Waals surface area contributed by atoms with Crippen LogP contribution in [-0.4, -0.2) is 37.8 Å². The summed E-state index contributed by atoms with van der Waals surface area (Å²) >= 11 is 0. The Hall–Kier alpha value is -2.29. The van der Waals surface area contributed by atoms with Gasteiger partial charge in [0.25, 0.3) is 0 Å². The number of amides is 1. The van der Waals surface area contributed by atoms with Gasteiger partial charge in [0, 0.05) is 19.8 Å². The first kappa shape index (κ1) is 13.8. The number of nitrogens with zero attached hydrogens (tertiary/aromatic N) is 3. The third-order valence-electron chi connectivity index (χ3n) is 2.38. The van der Waals surface area contributed by atoms with Gasteiger partial charge in [-0.25, -0.2) is 9.78 Å². The lowest BCUT2D eigenvalue weighted by Gasteiger charge is -2.21. The number of likely N-dealkylation sites (N-methyl/N-ethyl adjacent to an activating group) is 1. The number of ether oxygens (including phenoxy) is 1. The number of hydrogen-bond acceptors (Lipinski definition) is 5. The van der Waals surface area contributed by atoms with Crippen molar-refractivity contribution >= 4 is 11.9 Å². The Bertz CT molecular complexity index is 425. The average molecular weight is 248 g/mol. The zero-order chi connectivity index (χ0) is 13.4. The van der Waals surface area contributed by atoms with E-state index < -0.39 is 6.09 Å². The summed E-state index contributed by atoms with van der Waals surface area (Å²) in [4.78, 5) is 17.0. The van der Waals surface area contributed by atoms with E-state index in [1.54, 1.807) is 12.1 Å². The fourth-order valence-corrected chi connectivity index (χ4v) is 1.39. The van der Waals surface area contributed by atoms with Crippen molar-refractivity contribution in [3.63, 3.8) is 0 Å². The van der Waals surface area contributed by atoms with Crippen LogP contribution in [0.2, 0.25) is 0 Å². The monoisotopic (exact) mass is 248 g/mol. The van der Waals surface area contributed by atoms with E-state index in [1.165, 1.54) is 13.2 Å². The lowest BCUT2D eigenvalue weighted by molar-refractivity contribution is 0.151. The van der Waals surface area contributed by atoms with E-state index in [0.717, 1.165) is 12.4 Å². The molecule has 1 N–H and O–H groups in total. The van der Waals surface area contributed by atoms with E-state index in [1.807, 2.05) is 17.9 Å². The van der Waals surface area contributed by atoms with Crippen molar-refractivity contribution in [2.75, 3.05) is 31.6 Å². The number of aromatic nitrogens is 1. The zero-order valence-electron chi connectivity index (χ0n) is 10.5. The van der Waals surface area contributed by atoms with Crippen molar-refractivity contribution in [1.82, 2.24) is 10.3 Å². The molecule has 96 valence electrons. The summed E-state index contributed by atoms with van der Waals surface area (Å²) in [5.41, 5.74) is 0.524. The van der Waals surface area contributed by atoms with Crippen LogP contribution in [0.15, 0.2) is 18.3 Å². The zero-order valence-corrected chi connectivity index (χ0v) is 10.5. The second kappa shape index (κ2) is 7.12. The molecular formula is C12H16N4O2. The molecule has 0 aliphatic rings. The largest absolute Gasteiger partial charge is 0.448 e. The second-order valence-electron chi connectivity index (χ2n) is 3.48. The van der Waals surface area contributed by atoms with Crippen molar-refractivity contribution in [3.05, 3.63) is 23.9 Å². The number of anilines is 1. The molecule has 1 rings (SSSR count). The molecule has 0 saturated carbocycles. The lowest BCUT2D eigenvalue weighted by Crippen LogP contribution is -2.30. The van der Waals surface area contributed by atoms with Crippen LogP contribution in [0.1, 0.15) is 12.5 Å². The molecule has 1 amide bonds. The van der Waals surface area contributed by atoms with Crippen molar-refractivity contribution in [2.24, 2.45) is 0 Å². The Morgan fingerprint density at radius 3 is 2.89 bits per heavy atom. The highest BCUT2D eigenvalue weighted by Gasteiger charge is 2.07. The molecule has 0 aliphatic heterocycles. The summed E-state index contributed by atoms with van der Waals surface area (Å²) in [6.45, 7) is 3.58. The van der Waals surface area contributed by atoms with Gasteiger partial charge in [-0.2, -0.15) is 5.26 Å². The molecule has 0 radical (unpaired) electrons. The molecule has 0 atom stereocenters. The first-order valence-electron chi connectivity index (χ1n) is 5.66. The Morgan fingerprint density at radius 2 is 2.39 bits per heavy atom. The van der Waals surface area contributed by atoms with Gasteiger partial charge in [-0.05, 0) is 19.1 Å². The number of nitrogens with one attached hydrogen (secondary N) is 1. The fourth-order valence-electron chi connectivity index (χ4n) is 1.39. The van der Waals surface area contributed by atoms with Gasteiger partial charge in [-0.1, -0.05) is 0 Å². The Balaban J connectivity index is 2.54. The fraction of sp³-hybridized carbons (Fsp3) is 0.417. The first-order valence-corrected chi connectivity index (χ1v) is 5.66. The summed E-state index contributed by atoms with van der Waals surface area (Å²) in [5, 5.41) is 11.1. The van der Waals surface area contributed by atoms with Crippen LogP contribution in [0.5, 0.6) is 0 Å². The molecule has 1 aromatic rings. The number of nitriles is 1. The first-order chi connectivity index (χ1) is 8.71. The average Bonchev–Trinajstić information content (AvgIpc) is 2.43.